The molecule has 16 heteroatoms. The van der Waals surface area contributed by atoms with Gasteiger partial charge in [-0.3, -0.25) is 4.90 Å². The predicted octanol–water partition coefficient (Wildman–Crippen LogP) is 3.23. The zero-order valence-electron chi connectivity index (χ0n) is 23.8. The Morgan fingerprint density at radius 2 is 1.56 bits per heavy atom. The number of nitrogens with zero attached hydrogens (tertiary/aromatic N) is 1. The third-order valence-corrected chi connectivity index (χ3v) is 12.5. The molecule has 2 heterocycles. The molecule has 226 valence electrons. The molecular weight excluding hydrogens is 596 g/mol. The molecule has 3 atom stereocenters. The third kappa shape index (κ3) is 7.54. The van der Waals surface area contributed by atoms with Gasteiger partial charge >= 0.3 is 19.2 Å². The second-order valence-corrected chi connectivity index (χ2v) is 17.5. The van der Waals surface area contributed by atoms with Crippen LogP contribution in [-0.4, -0.2) is 98.8 Å². The lowest BCUT2D eigenvalue weighted by Gasteiger charge is -2.38. The van der Waals surface area contributed by atoms with E-state index in [1.165, 1.54) is 0 Å². The van der Waals surface area contributed by atoms with Crippen molar-refractivity contribution >= 4 is 62.1 Å². The molecule has 0 radical (unpaired) electrons. The minimum absolute atomic E-state index is 0.118. The number of carbonyl (C=O) groups is 2. The summed E-state index contributed by atoms with van der Waals surface area (Å²) in [6.07, 6.45) is -0.640. The quantitative estimate of drug-likeness (QED) is 0.199. The first-order valence-corrected chi connectivity index (χ1v) is 17.2. The number of ether oxygens (including phenoxy) is 2. The largest absolute Gasteiger partial charge is 0.467 e. The van der Waals surface area contributed by atoms with E-state index in [0.717, 1.165) is 12.0 Å². The Labute approximate surface area is 242 Å². The molecule has 2 aliphatic rings. The number of carbonyl (C=O) groups excluding carboxylic acids is 2. The molecule has 0 spiro atoms. The zero-order valence-corrected chi connectivity index (χ0v) is 26.9. The van der Waals surface area contributed by atoms with E-state index in [4.69, 9.17) is 42.0 Å². The van der Waals surface area contributed by atoms with Crippen LogP contribution < -0.4 is 0 Å². The van der Waals surface area contributed by atoms with Crippen molar-refractivity contribution in [1.29, 1.82) is 0 Å². The maximum Gasteiger partial charge on any atom is 0.457 e. The van der Waals surface area contributed by atoms with E-state index >= 15 is 0 Å². The molecule has 1 amide bonds. The van der Waals surface area contributed by atoms with Crippen LogP contribution in [0.25, 0.3) is 0 Å². The van der Waals surface area contributed by atoms with Gasteiger partial charge in [0.05, 0.1) is 29.3 Å². The van der Waals surface area contributed by atoms with Crippen LogP contribution in [0.5, 0.6) is 0 Å². The summed E-state index contributed by atoms with van der Waals surface area (Å²) >= 11 is 11.6. The van der Waals surface area contributed by atoms with E-state index in [1.54, 1.807) is 20.8 Å². The van der Waals surface area contributed by atoms with Crippen molar-refractivity contribution in [1.82, 2.24) is 4.90 Å². The molecule has 11 nitrogen and oxygen atoms in total. The van der Waals surface area contributed by atoms with Crippen LogP contribution in [0.3, 0.4) is 0 Å². The standard InChI is InChI=1S/C23H40BCl2NO10S2/c1-20(2,3)35-19(29)27-12-16(39(32,33)15-26)23(13-38(30,31)14-25,17(27)18(28)34-8)10-9-11-24-36-21(4,5)22(6,7)37-24/h16-17H,9-15H2,1-8H3/t16-,17-,23+/m1/s1. The van der Waals surface area contributed by atoms with E-state index in [2.05, 4.69) is 0 Å². The van der Waals surface area contributed by atoms with Crippen LogP contribution >= 0.6 is 23.2 Å². The number of methoxy groups -OCH3 is 1. The Morgan fingerprint density at radius 1 is 1.03 bits per heavy atom. The van der Waals surface area contributed by atoms with Crippen LogP contribution in [-0.2, 0) is 43.3 Å². The minimum Gasteiger partial charge on any atom is -0.467 e. The van der Waals surface area contributed by atoms with E-state index in [-0.39, 0.29) is 19.2 Å². The van der Waals surface area contributed by atoms with Crippen LogP contribution in [0, 0.1) is 5.41 Å². The van der Waals surface area contributed by atoms with Gasteiger partial charge in [-0.15, -0.1) is 23.2 Å². The van der Waals surface area contributed by atoms with Gasteiger partial charge in [0.15, 0.2) is 19.7 Å². The van der Waals surface area contributed by atoms with Crippen molar-refractivity contribution in [3.63, 3.8) is 0 Å². The van der Waals surface area contributed by atoms with Gasteiger partial charge in [0.25, 0.3) is 0 Å². The average Bonchev–Trinajstić information content (AvgIpc) is 3.22. The molecule has 2 fully saturated rings. The smallest absolute Gasteiger partial charge is 0.457 e. The molecule has 2 aliphatic heterocycles. The number of esters is 1. The van der Waals surface area contributed by atoms with Crippen molar-refractivity contribution in [3.05, 3.63) is 0 Å². The monoisotopic (exact) mass is 635 g/mol. The summed E-state index contributed by atoms with van der Waals surface area (Å²) in [5.74, 6) is -1.78. The topological polar surface area (TPSA) is 143 Å². The predicted molar refractivity (Wildman–Crippen MR) is 149 cm³/mol. The Balaban J connectivity index is 2.62. The lowest BCUT2D eigenvalue weighted by Crippen LogP contribution is -2.55. The number of rotatable bonds is 10. The number of halogens is 2. The molecule has 0 aromatic heterocycles. The first kappa shape index (κ1) is 34.4. The highest BCUT2D eigenvalue weighted by atomic mass is 35.5. The fourth-order valence-electron chi connectivity index (χ4n) is 5.14. The van der Waals surface area contributed by atoms with E-state index in [1.807, 2.05) is 27.7 Å². The summed E-state index contributed by atoms with van der Waals surface area (Å²) < 4.78 is 75.2. The first-order chi connectivity index (χ1) is 17.6. The molecule has 0 N–H and O–H groups in total. The highest BCUT2D eigenvalue weighted by molar-refractivity contribution is 7.94. The fourth-order valence-corrected chi connectivity index (χ4v) is 8.92. The summed E-state index contributed by atoms with van der Waals surface area (Å²) in [5, 5.41) is -3.19. The molecule has 0 bridgehead atoms. The summed E-state index contributed by atoms with van der Waals surface area (Å²) in [4.78, 5) is 27.4. The number of sulfone groups is 2. The highest BCUT2D eigenvalue weighted by Gasteiger charge is 2.64. The van der Waals surface area contributed by atoms with Crippen LogP contribution in [0.2, 0.25) is 6.32 Å². The second-order valence-electron chi connectivity index (χ2n) is 12.1. The molecule has 0 aliphatic carbocycles. The van der Waals surface area contributed by atoms with Crippen molar-refractivity contribution in [3.8, 4) is 0 Å². The molecule has 0 aromatic carbocycles. The van der Waals surface area contributed by atoms with Gasteiger partial charge in [-0.25, -0.2) is 26.4 Å². The second kappa shape index (κ2) is 11.8. The maximum absolute atomic E-state index is 13.4. The number of hydrogen-bond acceptors (Lipinski definition) is 10. The summed E-state index contributed by atoms with van der Waals surface area (Å²) in [6, 6.07) is -1.60. The third-order valence-electron chi connectivity index (χ3n) is 7.54. The number of amides is 1. The lowest BCUT2D eigenvalue weighted by atomic mass is 9.73. The van der Waals surface area contributed by atoms with Crippen LogP contribution in [0.15, 0.2) is 0 Å². The first-order valence-electron chi connectivity index (χ1n) is 12.5. The van der Waals surface area contributed by atoms with Crippen molar-refractivity contribution in [2.75, 3.05) is 29.8 Å². The Bertz CT molecular complexity index is 1120. The summed E-state index contributed by atoms with van der Waals surface area (Å²) in [5.41, 5.74) is -4.05. The Morgan fingerprint density at radius 3 is 2.00 bits per heavy atom. The summed E-state index contributed by atoms with van der Waals surface area (Å²) in [6.45, 7) is 11.8. The van der Waals surface area contributed by atoms with Gasteiger partial charge in [0.2, 0.25) is 0 Å². The van der Waals surface area contributed by atoms with E-state index in [9.17, 15) is 26.4 Å². The van der Waals surface area contributed by atoms with Gasteiger partial charge in [0.1, 0.15) is 22.1 Å². The molecule has 2 saturated heterocycles. The molecule has 39 heavy (non-hydrogen) atoms. The van der Waals surface area contributed by atoms with Gasteiger partial charge in [0, 0.05) is 12.0 Å². The number of likely N-dealkylation sites (tertiary alicyclic amines) is 1. The Hall–Kier alpha value is -0.795. The van der Waals surface area contributed by atoms with Gasteiger partial charge in [-0.1, -0.05) is 6.42 Å². The highest BCUT2D eigenvalue weighted by Crippen LogP contribution is 2.48. The zero-order chi connectivity index (χ0) is 30.2. The SMILES string of the molecule is COC(=O)[C@H]1N(C(=O)OC(C)(C)C)C[C@@H](S(=O)(=O)CCl)[C@]1(CCCB1OC(C)(C)C(C)(C)O1)CS(=O)(=O)CCl. The van der Waals surface area contributed by atoms with E-state index < -0.39 is 95.1 Å². The maximum atomic E-state index is 13.4. The average molecular weight is 636 g/mol. The minimum atomic E-state index is -4.22. The van der Waals surface area contributed by atoms with Gasteiger partial charge in [-0.05, 0) is 61.2 Å². The number of alkyl halides is 2. The fraction of sp³-hybridized carbons (Fsp3) is 0.913. The van der Waals surface area contributed by atoms with Crippen molar-refractivity contribution < 1.29 is 45.2 Å². The molecule has 0 saturated carbocycles. The van der Waals surface area contributed by atoms with Crippen LogP contribution in [0.4, 0.5) is 4.79 Å². The van der Waals surface area contributed by atoms with Crippen LogP contribution in [0.1, 0.15) is 61.3 Å². The summed E-state index contributed by atoms with van der Waals surface area (Å²) in [7, 11) is -7.90. The van der Waals surface area contributed by atoms with Crippen molar-refractivity contribution in [2.24, 2.45) is 5.41 Å². The normalized spacial score (nSPS) is 27.0. The molecule has 2 rings (SSSR count). The Kier molecular flexibility index (Phi) is 10.4. The lowest BCUT2D eigenvalue weighted by molar-refractivity contribution is -0.149. The number of hydrogen-bond donors (Lipinski definition) is 0. The van der Waals surface area contributed by atoms with E-state index in [0.29, 0.717) is 0 Å². The van der Waals surface area contributed by atoms with Crippen molar-refractivity contribution in [2.45, 2.75) is 95.7 Å². The van der Waals surface area contributed by atoms with Gasteiger partial charge < -0.3 is 18.8 Å². The molecule has 0 unspecified atom stereocenters. The molecule has 0 aromatic rings. The molecular formula is C23H40BCl2NO10S2. The van der Waals surface area contributed by atoms with Gasteiger partial charge in [-0.2, -0.15) is 0 Å².